The van der Waals surface area contributed by atoms with Crippen molar-refractivity contribution in [2.45, 2.75) is 38.6 Å². The van der Waals surface area contributed by atoms with Crippen molar-refractivity contribution in [3.63, 3.8) is 0 Å². The zero-order valence-electron chi connectivity index (χ0n) is 21.0. The first-order chi connectivity index (χ1) is 17.9. The molecule has 4 rings (SSSR count). The number of para-hydroxylation sites is 2. The van der Waals surface area contributed by atoms with Gasteiger partial charge in [0.1, 0.15) is 11.9 Å². The van der Waals surface area contributed by atoms with E-state index in [-0.39, 0.29) is 5.91 Å². The first-order valence-corrected chi connectivity index (χ1v) is 12.4. The summed E-state index contributed by atoms with van der Waals surface area (Å²) < 4.78 is 6.09. The second kappa shape index (κ2) is 12.5. The summed E-state index contributed by atoms with van der Waals surface area (Å²) in [6.45, 7) is 3.43. The van der Waals surface area contributed by atoms with Crippen LogP contribution in [0, 0.1) is 0 Å². The van der Waals surface area contributed by atoms with E-state index in [4.69, 9.17) is 20.6 Å². The van der Waals surface area contributed by atoms with Crippen LogP contribution >= 0.6 is 0 Å². The Morgan fingerprint density at radius 2 is 2.14 bits per heavy atom. The molecule has 0 spiro atoms. The van der Waals surface area contributed by atoms with Crippen molar-refractivity contribution in [3.05, 3.63) is 71.6 Å². The van der Waals surface area contributed by atoms with E-state index in [0.717, 1.165) is 59.1 Å². The minimum Gasteiger partial charge on any atom is -0.478 e. The van der Waals surface area contributed by atoms with E-state index in [9.17, 15) is 9.59 Å². The van der Waals surface area contributed by atoms with Crippen molar-refractivity contribution in [2.75, 3.05) is 32.2 Å². The molecule has 1 amide bonds. The number of carboxylic acids is 1. The minimum atomic E-state index is -1.09. The highest BCUT2D eigenvalue weighted by molar-refractivity contribution is 5.90. The van der Waals surface area contributed by atoms with Crippen molar-refractivity contribution in [1.82, 2.24) is 19.8 Å². The Bertz CT molecular complexity index is 1220. The normalized spacial score (nSPS) is 15.8. The molecule has 0 radical (unpaired) electrons. The molecule has 0 fully saturated rings. The fraction of sp³-hybridized carbons (Fsp3) is 0.370. The number of rotatable bonds is 12. The summed E-state index contributed by atoms with van der Waals surface area (Å²) in [6, 6.07) is 13.1. The van der Waals surface area contributed by atoms with Gasteiger partial charge in [0.2, 0.25) is 5.91 Å². The quantitative estimate of drug-likeness (QED) is 0.167. The molecule has 0 bridgehead atoms. The smallest absolute Gasteiger partial charge is 0.328 e. The molecule has 1 atom stereocenters. The lowest BCUT2D eigenvalue weighted by Crippen LogP contribution is -2.36. The van der Waals surface area contributed by atoms with Crippen LogP contribution in [0.2, 0.25) is 0 Å². The number of hydrogen-bond donors (Lipinski definition) is 4. The lowest BCUT2D eigenvalue weighted by Gasteiger charge is -2.21. The maximum absolute atomic E-state index is 12.6. The Labute approximate surface area is 216 Å². The number of anilines is 1. The Morgan fingerprint density at radius 3 is 2.92 bits per heavy atom. The Morgan fingerprint density at radius 1 is 1.30 bits per heavy atom. The average molecular weight is 507 g/mol. The maximum atomic E-state index is 12.6. The van der Waals surface area contributed by atoms with Gasteiger partial charge in [-0.1, -0.05) is 18.2 Å². The molecule has 2 aromatic carbocycles. The molecular formula is C27H34N6O4. The molecule has 37 heavy (non-hydrogen) atoms. The van der Waals surface area contributed by atoms with E-state index in [1.807, 2.05) is 42.5 Å². The van der Waals surface area contributed by atoms with E-state index < -0.39 is 12.0 Å². The SMILES string of the molecule is CN1Cc2cc(COCN(CCCCN)Cc3nc4ccccc4[nH]3)ccc2NC(/C=C/C(=O)O)C1=O. The molecule has 1 aliphatic heterocycles. The van der Waals surface area contributed by atoms with E-state index in [1.165, 1.54) is 6.08 Å². The molecule has 0 saturated carbocycles. The monoisotopic (exact) mass is 506 g/mol. The predicted octanol–water partition coefficient (Wildman–Crippen LogP) is 2.67. The van der Waals surface area contributed by atoms with Crippen LogP contribution < -0.4 is 11.1 Å². The molecular weight excluding hydrogens is 472 g/mol. The number of likely N-dealkylation sites (N-methyl/N-ethyl adjacent to an activating group) is 1. The highest BCUT2D eigenvalue weighted by Crippen LogP contribution is 2.24. The molecule has 10 heteroatoms. The minimum absolute atomic E-state index is 0.190. The van der Waals surface area contributed by atoms with Gasteiger partial charge in [0.25, 0.3) is 0 Å². The lowest BCUT2D eigenvalue weighted by atomic mass is 10.1. The molecule has 0 aliphatic carbocycles. The number of carbonyl (C=O) groups is 2. The molecule has 1 aromatic heterocycles. The molecule has 1 unspecified atom stereocenters. The van der Waals surface area contributed by atoms with Crippen LogP contribution in [0.5, 0.6) is 0 Å². The van der Waals surface area contributed by atoms with Crippen LogP contribution in [0.1, 0.15) is 29.8 Å². The van der Waals surface area contributed by atoms with Crippen molar-refractivity contribution in [3.8, 4) is 0 Å². The van der Waals surface area contributed by atoms with E-state index >= 15 is 0 Å². The number of carboxylic acid groups (broad SMARTS) is 1. The van der Waals surface area contributed by atoms with Crippen LogP contribution in [0.4, 0.5) is 5.69 Å². The first kappa shape index (κ1) is 26.3. The lowest BCUT2D eigenvalue weighted by molar-refractivity contribution is -0.131. The molecule has 3 aromatic rings. The molecule has 0 saturated heterocycles. The topological polar surface area (TPSA) is 137 Å². The number of aliphatic carboxylic acids is 1. The first-order valence-electron chi connectivity index (χ1n) is 12.4. The van der Waals surface area contributed by atoms with Crippen molar-refractivity contribution < 1.29 is 19.4 Å². The molecule has 1 aliphatic rings. The maximum Gasteiger partial charge on any atom is 0.328 e. The fourth-order valence-electron chi connectivity index (χ4n) is 4.37. The Hall–Kier alpha value is -3.73. The number of nitrogens with zero attached hydrogens (tertiary/aromatic N) is 3. The van der Waals surface area contributed by atoms with E-state index in [1.54, 1.807) is 11.9 Å². The number of fused-ring (bicyclic) bond motifs is 2. The third-order valence-electron chi connectivity index (χ3n) is 6.24. The summed E-state index contributed by atoms with van der Waals surface area (Å²) in [5.74, 6) is -0.385. The van der Waals surface area contributed by atoms with Crippen molar-refractivity contribution in [1.29, 1.82) is 0 Å². The summed E-state index contributed by atoms with van der Waals surface area (Å²) >= 11 is 0. The zero-order valence-corrected chi connectivity index (χ0v) is 21.0. The third-order valence-corrected chi connectivity index (χ3v) is 6.24. The molecule has 10 nitrogen and oxygen atoms in total. The highest BCUT2D eigenvalue weighted by atomic mass is 16.5. The molecule has 2 heterocycles. The Kier molecular flexibility index (Phi) is 8.89. The molecule has 196 valence electrons. The van der Waals surface area contributed by atoms with Gasteiger partial charge in [0.15, 0.2) is 0 Å². The number of hydrogen-bond acceptors (Lipinski definition) is 7. The van der Waals surface area contributed by atoms with Gasteiger partial charge in [-0.2, -0.15) is 0 Å². The number of carbonyl (C=O) groups excluding carboxylic acids is 1. The zero-order chi connectivity index (χ0) is 26.2. The van der Waals surface area contributed by atoms with Crippen LogP contribution in [0.25, 0.3) is 11.0 Å². The number of imidazole rings is 1. The van der Waals surface area contributed by atoms with Gasteiger partial charge in [0.05, 0.1) is 30.9 Å². The number of aromatic nitrogens is 2. The second-order valence-electron chi connectivity index (χ2n) is 9.23. The summed E-state index contributed by atoms with van der Waals surface area (Å²) in [7, 11) is 1.71. The number of unbranched alkanes of at least 4 members (excludes halogenated alkanes) is 1. The number of ether oxygens (including phenoxy) is 1. The van der Waals surface area contributed by atoms with Gasteiger partial charge in [0, 0.05) is 31.9 Å². The van der Waals surface area contributed by atoms with Crippen LogP contribution in [0.3, 0.4) is 0 Å². The van der Waals surface area contributed by atoms with Gasteiger partial charge < -0.3 is 30.8 Å². The average Bonchev–Trinajstić information content (AvgIpc) is 3.24. The number of nitrogens with one attached hydrogen (secondary N) is 2. The number of nitrogens with two attached hydrogens (primary N) is 1. The fourth-order valence-corrected chi connectivity index (χ4v) is 4.37. The standard InChI is InChI=1S/C27H34N6O4/c1-32-15-20-14-19(8-9-21(20)29-24(27(32)36)10-11-26(34)35)17-37-18-33(13-5-4-12-28)16-25-30-22-6-2-3-7-23(22)31-25/h2-3,6-11,14,24,29H,4-5,12-13,15-18,28H2,1H3,(H,30,31)(H,34,35)/b11-10+. The molecule has 5 N–H and O–H groups in total. The summed E-state index contributed by atoms with van der Waals surface area (Å²) in [5.41, 5.74) is 10.4. The van der Waals surface area contributed by atoms with Crippen LogP contribution in [-0.2, 0) is 34.0 Å². The van der Waals surface area contributed by atoms with E-state index in [0.29, 0.717) is 33.0 Å². The van der Waals surface area contributed by atoms with Gasteiger partial charge in [-0.25, -0.2) is 9.78 Å². The predicted molar refractivity (Wildman–Crippen MR) is 142 cm³/mol. The van der Waals surface area contributed by atoms with Gasteiger partial charge >= 0.3 is 5.97 Å². The number of benzene rings is 2. The van der Waals surface area contributed by atoms with E-state index in [2.05, 4.69) is 15.2 Å². The van der Waals surface area contributed by atoms with Crippen molar-refractivity contribution >= 4 is 28.6 Å². The van der Waals surface area contributed by atoms with Gasteiger partial charge in [-0.15, -0.1) is 0 Å². The summed E-state index contributed by atoms with van der Waals surface area (Å²) in [4.78, 5) is 35.4. The number of amides is 1. The third kappa shape index (κ3) is 7.16. The second-order valence-corrected chi connectivity index (χ2v) is 9.23. The summed E-state index contributed by atoms with van der Waals surface area (Å²) in [6.07, 6.45) is 4.28. The highest BCUT2D eigenvalue weighted by Gasteiger charge is 2.25. The Balaban J connectivity index is 1.39. The van der Waals surface area contributed by atoms with Gasteiger partial charge in [-0.05, 0) is 60.9 Å². The van der Waals surface area contributed by atoms with Crippen LogP contribution in [0.15, 0.2) is 54.6 Å². The van der Waals surface area contributed by atoms with Crippen molar-refractivity contribution in [2.24, 2.45) is 5.73 Å². The summed E-state index contributed by atoms with van der Waals surface area (Å²) in [5, 5.41) is 12.1. The number of H-pyrrole nitrogens is 1. The van der Waals surface area contributed by atoms with Gasteiger partial charge in [-0.3, -0.25) is 9.69 Å². The largest absolute Gasteiger partial charge is 0.478 e. The van der Waals surface area contributed by atoms with Crippen LogP contribution in [-0.4, -0.2) is 69.7 Å². The number of aromatic amines is 1.